The summed E-state index contributed by atoms with van der Waals surface area (Å²) in [6, 6.07) is 12.5. The van der Waals surface area contributed by atoms with Gasteiger partial charge >= 0.3 is 0 Å². The van der Waals surface area contributed by atoms with Crippen LogP contribution >= 0.6 is 0 Å². The van der Waals surface area contributed by atoms with Crippen molar-refractivity contribution in [3.8, 4) is 22.4 Å². The predicted octanol–water partition coefficient (Wildman–Crippen LogP) is 2.06. The van der Waals surface area contributed by atoms with Gasteiger partial charge in [-0.2, -0.15) is 0 Å². The highest BCUT2D eigenvalue weighted by atomic mass is 14.9. The number of aromatic nitrogens is 3. The van der Waals surface area contributed by atoms with E-state index in [-0.39, 0.29) is 0 Å². The van der Waals surface area contributed by atoms with Crippen molar-refractivity contribution in [2.45, 2.75) is 0 Å². The Balaban J connectivity index is 2.13. The van der Waals surface area contributed by atoms with Crippen molar-refractivity contribution in [3.05, 3.63) is 67.4 Å². The van der Waals surface area contributed by atoms with Crippen LogP contribution in [0.3, 0.4) is 0 Å². The minimum atomic E-state index is 1.02. The summed E-state index contributed by atoms with van der Waals surface area (Å²) in [4.78, 5) is 4.56. The molecule has 3 heteroatoms. The van der Waals surface area contributed by atoms with E-state index in [0.29, 0.717) is 0 Å². The molecule has 0 spiro atoms. The lowest BCUT2D eigenvalue weighted by Gasteiger charge is -2.07. The Kier molecular flexibility index (Phi) is 3.25. The first-order valence-corrected chi connectivity index (χ1v) is 6.60. The van der Waals surface area contributed by atoms with Gasteiger partial charge in [-0.25, -0.2) is 9.13 Å². The molecule has 20 heavy (non-hydrogen) atoms. The molecule has 3 heterocycles. The zero-order chi connectivity index (χ0) is 13.9. The van der Waals surface area contributed by atoms with Crippen LogP contribution in [-0.2, 0) is 14.1 Å². The molecule has 3 rings (SSSR count). The van der Waals surface area contributed by atoms with Crippen molar-refractivity contribution < 1.29 is 9.13 Å². The van der Waals surface area contributed by atoms with Gasteiger partial charge < -0.3 is 0 Å². The molecule has 0 saturated heterocycles. The van der Waals surface area contributed by atoms with Gasteiger partial charge in [-0.15, -0.1) is 0 Å². The first kappa shape index (κ1) is 12.5. The highest BCUT2D eigenvalue weighted by Crippen LogP contribution is 2.28. The maximum atomic E-state index is 4.56. The van der Waals surface area contributed by atoms with E-state index in [1.165, 1.54) is 5.56 Å². The van der Waals surface area contributed by atoms with E-state index >= 15 is 0 Å². The Hall–Kier alpha value is -2.55. The second kappa shape index (κ2) is 5.21. The van der Waals surface area contributed by atoms with Gasteiger partial charge in [-0.3, -0.25) is 4.98 Å². The third kappa shape index (κ3) is 2.43. The van der Waals surface area contributed by atoms with Crippen molar-refractivity contribution in [3.63, 3.8) is 0 Å². The maximum absolute atomic E-state index is 4.56. The highest BCUT2D eigenvalue weighted by Gasteiger charge is 2.10. The van der Waals surface area contributed by atoms with Gasteiger partial charge in [0.05, 0.1) is 5.69 Å². The molecule has 0 aromatic carbocycles. The summed E-state index contributed by atoms with van der Waals surface area (Å²) in [5, 5.41) is 0. The average molecular weight is 263 g/mol. The van der Waals surface area contributed by atoms with Crippen molar-refractivity contribution in [2.24, 2.45) is 14.1 Å². The summed E-state index contributed by atoms with van der Waals surface area (Å²) in [6.45, 7) is 0. The number of hydrogen-bond acceptors (Lipinski definition) is 1. The Morgan fingerprint density at radius 2 is 1.30 bits per heavy atom. The van der Waals surface area contributed by atoms with Crippen LogP contribution in [0.15, 0.2) is 67.4 Å². The molecular weight excluding hydrogens is 246 g/mol. The fourth-order valence-electron chi connectivity index (χ4n) is 2.21. The summed E-state index contributed by atoms with van der Waals surface area (Å²) in [7, 11) is 4.03. The molecule has 0 N–H and O–H groups in total. The maximum Gasteiger partial charge on any atom is 0.169 e. The Bertz CT molecular complexity index is 651. The number of nitrogens with zero attached hydrogens (tertiary/aromatic N) is 3. The van der Waals surface area contributed by atoms with E-state index in [0.717, 1.165) is 16.8 Å². The quantitative estimate of drug-likeness (QED) is 0.648. The van der Waals surface area contributed by atoms with Gasteiger partial charge in [-0.05, 0) is 11.6 Å². The summed E-state index contributed by atoms with van der Waals surface area (Å²) in [5.41, 5.74) is 4.48. The second-order valence-electron chi connectivity index (χ2n) is 4.90. The molecule has 98 valence electrons. The van der Waals surface area contributed by atoms with E-state index in [9.17, 15) is 0 Å². The molecule has 0 unspecified atom stereocenters. The topological polar surface area (TPSA) is 20.6 Å². The number of rotatable bonds is 2. The van der Waals surface area contributed by atoms with Crippen LogP contribution in [0.4, 0.5) is 0 Å². The van der Waals surface area contributed by atoms with Gasteiger partial charge in [-0.1, -0.05) is 6.07 Å². The second-order valence-corrected chi connectivity index (χ2v) is 4.90. The zero-order valence-electron chi connectivity index (χ0n) is 11.7. The van der Waals surface area contributed by atoms with E-state index < -0.39 is 0 Å². The molecule has 3 aromatic heterocycles. The first-order valence-electron chi connectivity index (χ1n) is 6.60. The normalized spacial score (nSPS) is 10.5. The van der Waals surface area contributed by atoms with Crippen LogP contribution in [-0.4, -0.2) is 4.98 Å². The fourth-order valence-corrected chi connectivity index (χ4v) is 2.21. The zero-order valence-corrected chi connectivity index (χ0v) is 11.7. The van der Waals surface area contributed by atoms with Crippen LogP contribution in [0.5, 0.6) is 0 Å². The molecule has 0 atom stereocenters. The Labute approximate surface area is 118 Å². The largest absolute Gasteiger partial charge is 0.256 e. The molecule has 0 saturated carbocycles. The monoisotopic (exact) mass is 263 g/mol. The van der Waals surface area contributed by atoms with Crippen LogP contribution in [0.25, 0.3) is 22.4 Å². The Morgan fingerprint density at radius 1 is 0.750 bits per heavy atom. The molecule has 0 fully saturated rings. The molecule has 3 nitrogen and oxygen atoms in total. The van der Waals surface area contributed by atoms with Crippen LogP contribution in [0.2, 0.25) is 0 Å². The standard InChI is InChI=1S/C17H17N3/c1-19-10-5-14(6-11-19)16-4-3-9-18-17(16)15-7-12-20(2)13-8-15/h3-13H,1-2H3/q+2. The molecule has 0 aliphatic heterocycles. The van der Waals surface area contributed by atoms with Crippen molar-refractivity contribution in [1.82, 2.24) is 4.98 Å². The minimum Gasteiger partial charge on any atom is -0.256 e. The molecular formula is C17H17N3+2. The van der Waals surface area contributed by atoms with Crippen LogP contribution < -0.4 is 9.13 Å². The molecule has 0 aliphatic carbocycles. The minimum absolute atomic E-state index is 1.02. The summed E-state index contributed by atoms with van der Waals surface area (Å²) < 4.78 is 4.05. The van der Waals surface area contributed by atoms with Gasteiger partial charge in [0.1, 0.15) is 14.1 Å². The van der Waals surface area contributed by atoms with Crippen molar-refractivity contribution >= 4 is 0 Å². The number of aryl methyl sites for hydroxylation is 2. The molecule has 0 radical (unpaired) electrons. The van der Waals surface area contributed by atoms with Crippen LogP contribution in [0, 0.1) is 0 Å². The molecule has 3 aromatic rings. The van der Waals surface area contributed by atoms with Crippen molar-refractivity contribution in [1.29, 1.82) is 0 Å². The molecule has 0 aliphatic rings. The van der Waals surface area contributed by atoms with Gasteiger partial charge in [0, 0.05) is 41.6 Å². The van der Waals surface area contributed by atoms with Gasteiger partial charge in [0.25, 0.3) is 0 Å². The average Bonchev–Trinajstić information content (AvgIpc) is 2.49. The highest BCUT2D eigenvalue weighted by molar-refractivity contribution is 5.79. The lowest BCUT2D eigenvalue weighted by molar-refractivity contribution is -0.671. The lowest BCUT2D eigenvalue weighted by atomic mass is 10.0. The Morgan fingerprint density at radius 3 is 1.90 bits per heavy atom. The smallest absolute Gasteiger partial charge is 0.169 e. The van der Waals surface area contributed by atoms with E-state index in [1.807, 2.05) is 47.9 Å². The van der Waals surface area contributed by atoms with E-state index in [1.54, 1.807) is 0 Å². The first-order chi connectivity index (χ1) is 9.74. The summed E-state index contributed by atoms with van der Waals surface area (Å²) in [5.74, 6) is 0. The van der Waals surface area contributed by atoms with Gasteiger partial charge in [0.15, 0.2) is 24.8 Å². The SMILES string of the molecule is C[n+]1ccc(-c2cccnc2-c2cc[n+](C)cc2)cc1. The summed E-state index contributed by atoms with van der Waals surface area (Å²) >= 11 is 0. The fraction of sp³-hybridized carbons (Fsp3) is 0.118. The molecule has 0 bridgehead atoms. The third-order valence-corrected chi connectivity index (χ3v) is 3.35. The number of pyridine rings is 3. The van der Waals surface area contributed by atoms with E-state index in [2.05, 4.69) is 47.7 Å². The molecule has 0 amide bonds. The summed E-state index contributed by atoms with van der Waals surface area (Å²) in [6.07, 6.45) is 10.0. The predicted molar refractivity (Wildman–Crippen MR) is 77.5 cm³/mol. The number of hydrogen-bond donors (Lipinski definition) is 0. The van der Waals surface area contributed by atoms with E-state index in [4.69, 9.17) is 0 Å². The van der Waals surface area contributed by atoms with Crippen molar-refractivity contribution in [2.75, 3.05) is 0 Å². The van der Waals surface area contributed by atoms with Crippen LogP contribution in [0.1, 0.15) is 0 Å². The van der Waals surface area contributed by atoms with Gasteiger partial charge in [0.2, 0.25) is 0 Å². The lowest BCUT2D eigenvalue weighted by Crippen LogP contribution is -2.25. The third-order valence-electron chi connectivity index (χ3n) is 3.35.